The van der Waals surface area contributed by atoms with E-state index in [9.17, 15) is 0 Å². The molecule has 0 spiro atoms. The summed E-state index contributed by atoms with van der Waals surface area (Å²) < 4.78 is 11.2. The van der Waals surface area contributed by atoms with Crippen molar-refractivity contribution in [3.8, 4) is 23.1 Å². The largest absolute Gasteiger partial charge is 0.438 e. The van der Waals surface area contributed by atoms with E-state index >= 15 is 0 Å². The number of benzene rings is 1. The van der Waals surface area contributed by atoms with Gasteiger partial charge < -0.3 is 14.5 Å². The Morgan fingerprint density at radius 3 is 2.50 bits per heavy atom. The fraction of sp³-hybridized carbons (Fsp3) is 0.0556. The first-order valence-electron chi connectivity index (χ1n) is 7.87. The lowest BCUT2D eigenvalue weighted by molar-refractivity contribution is 0.460. The Morgan fingerprint density at radius 1 is 0.885 bits per heavy atom. The van der Waals surface area contributed by atoms with Crippen molar-refractivity contribution in [1.29, 1.82) is 0 Å². The van der Waals surface area contributed by atoms with Crippen LogP contribution in [-0.2, 0) is 6.54 Å². The first-order chi connectivity index (χ1) is 12.9. The summed E-state index contributed by atoms with van der Waals surface area (Å²) in [6.07, 6.45) is 8.09. The monoisotopic (exact) mass is 346 g/mol. The van der Waals surface area contributed by atoms with Crippen LogP contribution in [0.2, 0.25) is 0 Å². The normalized spacial score (nSPS) is 10.5. The van der Waals surface area contributed by atoms with Crippen molar-refractivity contribution in [2.24, 2.45) is 0 Å². The Balaban J connectivity index is 1.36. The van der Waals surface area contributed by atoms with Crippen LogP contribution in [-0.4, -0.2) is 25.1 Å². The summed E-state index contributed by atoms with van der Waals surface area (Å²) in [7, 11) is 0. The lowest BCUT2D eigenvalue weighted by Crippen LogP contribution is -1.99. The quantitative estimate of drug-likeness (QED) is 0.567. The number of anilines is 1. The van der Waals surface area contributed by atoms with Gasteiger partial charge >= 0.3 is 6.01 Å². The third kappa shape index (κ3) is 3.81. The lowest BCUT2D eigenvalue weighted by atomic mass is 10.2. The van der Waals surface area contributed by atoms with Crippen molar-refractivity contribution < 1.29 is 9.15 Å². The number of pyridine rings is 1. The van der Waals surface area contributed by atoms with Gasteiger partial charge in [0.05, 0.1) is 6.20 Å². The molecular weight excluding hydrogens is 332 g/mol. The number of hydrogen-bond acceptors (Lipinski definition) is 8. The number of aromatic nitrogens is 5. The van der Waals surface area contributed by atoms with E-state index in [0.717, 1.165) is 11.1 Å². The molecule has 0 saturated heterocycles. The maximum Gasteiger partial charge on any atom is 0.316 e. The molecule has 0 atom stereocenters. The maximum atomic E-state index is 5.61. The fourth-order valence-electron chi connectivity index (χ4n) is 2.22. The van der Waals surface area contributed by atoms with E-state index in [4.69, 9.17) is 9.15 Å². The Morgan fingerprint density at radius 2 is 1.73 bits per heavy atom. The summed E-state index contributed by atoms with van der Waals surface area (Å²) in [6.45, 7) is 0.545. The molecule has 26 heavy (non-hydrogen) atoms. The Kier molecular flexibility index (Phi) is 4.46. The first kappa shape index (κ1) is 15.7. The molecule has 128 valence electrons. The molecule has 1 aromatic carbocycles. The molecule has 0 amide bonds. The number of hydrogen-bond donors (Lipinski definition) is 1. The van der Waals surface area contributed by atoms with Crippen molar-refractivity contribution in [3.05, 3.63) is 72.9 Å². The van der Waals surface area contributed by atoms with Crippen molar-refractivity contribution in [1.82, 2.24) is 25.1 Å². The smallest absolute Gasteiger partial charge is 0.316 e. The lowest BCUT2D eigenvalue weighted by Gasteiger charge is -2.05. The van der Waals surface area contributed by atoms with E-state index < -0.39 is 0 Å². The van der Waals surface area contributed by atoms with Crippen LogP contribution in [0.3, 0.4) is 0 Å². The molecule has 4 aromatic rings. The maximum absolute atomic E-state index is 5.61. The van der Waals surface area contributed by atoms with Gasteiger partial charge in [0.25, 0.3) is 0 Å². The molecule has 0 aliphatic heterocycles. The summed E-state index contributed by atoms with van der Waals surface area (Å²) >= 11 is 0. The molecule has 0 radical (unpaired) electrons. The Bertz CT molecular complexity index is 958. The Hall–Kier alpha value is -3.81. The molecule has 0 saturated carbocycles. The zero-order valence-electron chi connectivity index (χ0n) is 13.6. The average molecular weight is 346 g/mol. The van der Waals surface area contributed by atoms with Gasteiger partial charge in [0.1, 0.15) is 5.75 Å². The second-order valence-electron chi connectivity index (χ2n) is 5.29. The fourth-order valence-corrected chi connectivity index (χ4v) is 2.22. The van der Waals surface area contributed by atoms with Gasteiger partial charge in [-0.05, 0) is 29.8 Å². The van der Waals surface area contributed by atoms with E-state index in [-0.39, 0.29) is 0 Å². The highest BCUT2D eigenvalue weighted by Crippen LogP contribution is 2.21. The number of ether oxygens (including phenoxy) is 1. The van der Waals surface area contributed by atoms with Crippen LogP contribution in [0, 0.1) is 0 Å². The second-order valence-corrected chi connectivity index (χ2v) is 5.29. The minimum absolute atomic E-state index is 0.358. The van der Waals surface area contributed by atoms with Gasteiger partial charge in [0, 0.05) is 36.9 Å². The molecule has 4 rings (SSSR count). The summed E-state index contributed by atoms with van der Waals surface area (Å²) in [5, 5.41) is 11.1. The van der Waals surface area contributed by atoms with Crippen LogP contribution in [0.1, 0.15) is 5.56 Å². The predicted octanol–water partition coefficient (Wildman–Crippen LogP) is 3.33. The van der Waals surface area contributed by atoms with Crippen LogP contribution < -0.4 is 10.1 Å². The highest BCUT2D eigenvalue weighted by Gasteiger charge is 2.08. The molecule has 0 fully saturated rings. The highest BCUT2D eigenvalue weighted by molar-refractivity contribution is 5.51. The van der Waals surface area contributed by atoms with Crippen LogP contribution in [0.5, 0.6) is 11.6 Å². The topological polar surface area (TPSA) is 98.9 Å². The van der Waals surface area contributed by atoms with Crippen molar-refractivity contribution >= 4 is 6.01 Å². The van der Waals surface area contributed by atoms with E-state index in [0.29, 0.717) is 30.1 Å². The molecule has 1 N–H and O–H groups in total. The van der Waals surface area contributed by atoms with E-state index in [1.807, 2.05) is 36.4 Å². The van der Waals surface area contributed by atoms with Crippen LogP contribution in [0.15, 0.2) is 71.8 Å². The van der Waals surface area contributed by atoms with Gasteiger partial charge in [-0.3, -0.25) is 9.97 Å². The molecule has 3 aromatic heterocycles. The number of nitrogens with one attached hydrogen (secondary N) is 1. The molecule has 3 heterocycles. The van der Waals surface area contributed by atoms with Gasteiger partial charge in [0.2, 0.25) is 11.8 Å². The van der Waals surface area contributed by atoms with Gasteiger partial charge in [0.15, 0.2) is 0 Å². The molecule has 0 aliphatic carbocycles. The first-order valence-corrected chi connectivity index (χ1v) is 7.87. The standard InChI is InChI=1S/C18H14N6O2/c1-3-15(25-16-12-20-9-10-21-16)4-2-13(1)11-22-18-24-23-17(26-18)14-5-7-19-8-6-14/h1-10,12H,11H2,(H,22,24). The average Bonchev–Trinajstić information content (AvgIpc) is 3.18. The highest BCUT2D eigenvalue weighted by atomic mass is 16.5. The van der Waals surface area contributed by atoms with Crippen LogP contribution in [0.4, 0.5) is 6.01 Å². The van der Waals surface area contributed by atoms with Crippen molar-refractivity contribution in [2.75, 3.05) is 5.32 Å². The summed E-state index contributed by atoms with van der Waals surface area (Å²) in [5.41, 5.74) is 1.87. The van der Waals surface area contributed by atoms with Crippen LogP contribution >= 0.6 is 0 Å². The third-order valence-corrected chi connectivity index (χ3v) is 3.48. The van der Waals surface area contributed by atoms with Gasteiger partial charge in [-0.15, -0.1) is 5.10 Å². The summed E-state index contributed by atoms with van der Waals surface area (Å²) in [6, 6.07) is 11.6. The van der Waals surface area contributed by atoms with E-state index in [1.54, 1.807) is 31.0 Å². The van der Waals surface area contributed by atoms with Crippen LogP contribution in [0.25, 0.3) is 11.5 Å². The summed E-state index contributed by atoms with van der Waals surface area (Å²) in [4.78, 5) is 12.0. The summed E-state index contributed by atoms with van der Waals surface area (Å²) in [5.74, 6) is 1.59. The second kappa shape index (κ2) is 7.39. The Labute approximate surface area is 148 Å². The molecule has 0 aliphatic rings. The molecule has 0 bridgehead atoms. The van der Waals surface area contributed by atoms with E-state index in [1.165, 1.54) is 0 Å². The third-order valence-electron chi connectivity index (χ3n) is 3.48. The number of rotatable bonds is 6. The van der Waals surface area contributed by atoms with Crippen molar-refractivity contribution in [2.45, 2.75) is 6.54 Å². The zero-order valence-corrected chi connectivity index (χ0v) is 13.6. The predicted molar refractivity (Wildman–Crippen MR) is 93.4 cm³/mol. The van der Waals surface area contributed by atoms with Crippen molar-refractivity contribution in [3.63, 3.8) is 0 Å². The van der Waals surface area contributed by atoms with Gasteiger partial charge in [-0.2, -0.15) is 0 Å². The van der Waals surface area contributed by atoms with Gasteiger partial charge in [-0.1, -0.05) is 17.2 Å². The van der Waals surface area contributed by atoms with E-state index in [2.05, 4.69) is 30.5 Å². The minimum Gasteiger partial charge on any atom is -0.438 e. The molecule has 8 heteroatoms. The molecule has 0 unspecified atom stereocenters. The minimum atomic E-state index is 0.358. The molecule has 8 nitrogen and oxygen atoms in total. The zero-order chi connectivity index (χ0) is 17.6. The SMILES string of the molecule is c1cc(-c2nnc(NCc3ccc(Oc4cnccn4)cc3)o2)ccn1. The number of nitrogens with zero attached hydrogens (tertiary/aromatic N) is 5. The molecular formula is C18H14N6O2. The van der Waals surface area contributed by atoms with Gasteiger partial charge in [-0.25, -0.2) is 4.98 Å².